The summed E-state index contributed by atoms with van der Waals surface area (Å²) in [7, 11) is 0. The Balaban J connectivity index is 1.85. The van der Waals surface area contributed by atoms with Crippen LogP contribution < -0.4 is 0 Å². The molecule has 2 aliphatic rings. The fraction of sp³-hybridized carbons (Fsp3) is 0.684. The molecule has 2 heterocycles. The van der Waals surface area contributed by atoms with E-state index < -0.39 is 99.3 Å². The minimum absolute atomic E-state index is 0.0260. The SMILES string of the molecule is CC/C=C/C/C=C/C/C=C/C/C=C/C/C=C/C/C=C/CCC(=O)O[C@H](COC(=O)CCC/C=C/C/C=C/CCCCCCCCCCC)CO[C@H]1O[C@@H](CO[C@H]2O[C@@H](CO)[C@@H](O)C(O)C2O)[C@@H](O)C(O)C1O. The van der Waals surface area contributed by atoms with Gasteiger partial charge in [0.15, 0.2) is 18.7 Å². The van der Waals surface area contributed by atoms with E-state index in [9.17, 15) is 45.3 Å². The molecule has 2 rings (SSSR count). The lowest BCUT2D eigenvalue weighted by atomic mass is 9.98. The van der Waals surface area contributed by atoms with E-state index in [2.05, 4.69) is 86.8 Å². The number of hydrogen-bond acceptors (Lipinski definition) is 15. The van der Waals surface area contributed by atoms with Crippen LogP contribution in [0.4, 0.5) is 0 Å². The number of hydrogen-bond donors (Lipinski definition) is 7. The number of aliphatic hydroxyl groups excluding tert-OH is 7. The van der Waals surface area contributed by atoms with Crippen LogP contribution in [0.5, 0.6) is 0 Å². The van der Waals surface area contributed by atoms with Crippen LogP contribution in [0.25, 0.3) is 0 Å². The third kappa shape index (κ3) is 30.0. The predicted octanol–water partition coefficient (Wildman–Crippen LogP) is 8.15. The third-order valence-corrected chi connectivity index (χ3v) is 12.1. The van der Waals surface area contributed by atoms with Gasteiger partial charge in [-0.25, -0.2) is 0 Å². The molecule has 410 valence electrons. The fourth-order valence-electron chi connectivity index (χ4n) is 7.69. The zero-order chi connectivity index (χ0) is 52.4. The second-order valence-corrected chi connectivity index (χ2v) is 18.3. The second-order valence-electron chi connectivity index (χ2n) is 18.3. The van der Waals surface area contributed by atoms with E-state index >= 15 is 0 Å². The molecule has 0 aromatic carbocycles. The van der Waals surface area contributed by atoms with Crippen molar-refractivity contribution in [2.75, 3.05) is 26.4 Å². The van der Waals surface area contributed by atoms with Crippen molar-refractivity contribution in [2.24, 2.45) is 0 Å². The van der Waals surface area contributed by atoms with Crippen LogP contribution in [0.15, 0.2) is 97.2 Å². The Morgan fingerprint density at radius 3 is 1.43 bits per heavy atom. The Morgan fingerprint density at radius 2 is 0.903 bits per heavy atom. The fourth-order valence-corrected chi connectivity index (χ4v) is 7.69. The van der Waals surface area contributed by atoms with E-state index in [1.165, 1.54) is 57.8 Å². The Bertz CT molecular complexity index is 1620. The average Bonchev–Trinajstić information content (AvgIpc) is 3.37. The molecule has 7 N–H and O–H groups in total. The molecule has 0 amide bonds. The summed E-state index contributed by atoms with van der Waals surface area (Å²) in [6, 6.07) is 0. The van der Waals surface area contributed by atoms with Crippen LogP contribution in [0.3, 0.4) is 0 Å². The number of ether oxygens (including phenoxy) is 6. The normalized spacial score (nSPS) is 25.8. The number of carbonyl (C=O) groups excluding carboxylic acids is 2. The smallest absolute Gasteiger partial charge is 0.306 e. The summed E-state index contributed by atoms with van der Waals surface area (Å²) in [6.07, 6.45) is 37.4. The molecule has 15 heteroatoms. The van der Waals surface area contributed by atoms with Crippen LogP contribution in [0.1, 0.15) is 155 Å². The molecule has 4 unspecified atom stereocenters. The van der Waals surface area contributed by atoms with Crippen molar-refractivity contribution in [1.29, 1.82) is 0 Å². The molecular formula is C57H92O15. The highest BCUT2D eigenvalue weighted by molar-refractivity contribution is 5.70. The molecule has 0 spiro atoms. The first kappa shape index (κ1) is 64.5. The number of allylic oxidation sites excluding steroid dienone is 16. The van der Waals surface area contributed by atoms with Gasteiger partial charge in [-0.15, -0.1) is 0 Å². The first-order chi connectivity index (χ1) is 35.0. The molecule has 0 aromatic rings. The van der Waals surface area contributed by atoms with E-state index in [0.717, 1.165) is 44.9 Å². The van der Waals surface area contributed by atoms with Gasteiger partial charge < -0.3 is 64.2 Å². The van der Waals surface area contributed by atoms with Gasteiger partial charge >= 0.3 is 11.9 Å². The molecule has 0 radical (unpaired) electrons. The zero-order valence-electron chi connectivity index (χ0n) is 43.4. The largest absolute Gasteiger partial charge is 0.462 e. The minimum Gasteiger partial charge on any atom is -0.462 e. The summed E-state index contributed by atoms with van der Waals surface area (Å²) < 4.78 is 33.5. The molecule has 0 saturated carbocycles. The molecule has 0 aromatic heterocycles. The lowest BCUT2D eigenvalue weighted by Crippen LogP contribution is -2.61. The number of carbonyl (C=O) groups is 2. The highest BCUT2D eigenvalue weighted by Gasteiger charge is 2.47. The summed E-state index contributed by atoms with van der Waals surface area (Å²) in [5.41, 5.74) is 0. The van der Waals surface area contributed by atoms with Gasteiger partial charge in [-0.3, -0.25) is 9.59 Å². The molecule has 0 aliphatic carbocycles. The van der Waals surface area contributed by atoms with Gasteiger partial charge in [0, 0.05) is 12.8 Å². The van der Waals surface area contributed by atoms with Crippen LogP contribution in [-0.2, 0) is 38.0 Å². The van der Waals surface area contributed by atoms with E-state index in [1.807, 2.05) is 24.3 Å². The number of rotatable bonds is 40. The number of esters is 2. The van der Waals surface area contributed by atoms with Crippen molar-refractivity contribution >= 4 is 11.9 Å². The molecule has 0 bridgehead atoms. The van der Waals surface area contributed by atoms with Gasteiger partial charge in [0.05, 0.1) is 19.8 Å². The molecule has 2 saturated heterocycles. The summed E-state index contributed by atoms with van der Waals surface area (Å²) in [4.78, 5) is 25.8. The molecule has 72 heavy (non-hydrogen) atoms. The lowest BCUT2D eigenvalue weighted by molar-refractivity contribution is -0.332. The molecule has 2 fully saturated rings. The molecular weight excluding hydrogens is 925 g/mol. The highest BCUT2D eigenvalue weighted by atomic mass is 16.7. The van der Waals surface area contributed by atoms with E-state index in [4.69, 9.17) is 28.4 Å². The summed E-state index contributed by atoms with van der Waals surface area (Å²) in [5, 5.41) is 72.1. The third-order valence-electron chi connectivity index (χ3n) is 12.1. The summed E-state index contributed by atoms with van der Waals surface area (Å²) >= 11 is 0. The van der Waals surface area contributed by atoms with Gasteiger partial charge in [-0.2, -0.15) is 0 Å². The lowest BCUT2D eigenvalue weighted by Gasteiger charge is -2.42. The van der Waals surface area contributed by atoms with Crippen molar-refractivity contribution in [2.45, 2.75) is 223 Å². The van der Waals surface area contributed by atoms with Crippen molar-refractivity contribution in [1.82, 2.24) is 0 Å². The monoisotopic (exact) mass is 1020 g/mol. The maximum absolute atomic E-state index is 13.0. The van der Waals surface area contributed by atoms with Crippen molar-refractivity contribution in [3.8, 4) is 0 Å². The molecule has 15 nitrogen and oxygen atoms in total. The summed E-state index contributed by atoms with van der Waals surface area (Å²) in [6.45, 7) is 2.34. The van der Waals surface area contributed by atoms with Crippen molar-refractivity contribution in [3.63, 3.8) is 0 Å². The van der Waals surface area contributed by atoms with Crippen molar-refractivity contribution in [3.05, 3.63) is 97.2 Å². The quantitative estimate of drug-likeness (QED) is 0.0174. The van der Waals surface area contributed by atoms with Gasteiger partial charge in [0.25, 0.3) is 0 Å². The van der Waals surface area contributed by atoms with E-state index in [1.54, 1.807) is 0 Å². The maximum Gasteiger partial charge on any atom is 0.306 e. The van der Waals surface area contributed by atoms with Crippen LogP contribution in [-0.4, -0.2) is 142 Å². The van der Waals surface area contributed by atoms with Crippen LogP contribution >= 0.6 is 0 Å². The first-order valence-electron chi connectivity index (χ1n) is 26.8. The van der Waals surface area contributed by atoms with Gasteiger partial charge in [0.1, 0.15) is 55.4 Å². The minimum atomic E-state index is -1.79. The first-order valence-corrected chi connectivity index (χ1v) is 26.8. The Morgan fingerprint density at radius 1 is 0.458 bits per heavy atom. The molecule has 11 atom stereocenters. The average molecular weight is 1020 g/mol. The number of aliphatic hydroxyl groups is 7. The van der Waals surface area contributed by atoms with Gasteiger partial charge in [-0.1, -0.05) is 162 Å². The summed E-state index contributed by atoms with van der Waals surface area (Å²) in [5.74, 6) is -1.08. The van der Waals surface area contributed by atoms with Crippen LogP contribution in [0.2, 0.25) is 0 Å². The second kappa shape index (κ2) is 42.7. The van der Waals surface area contributed by atoms with E-state index in [0.29, 0.717) is 25.7 Å². The standard InChI is InChI=1S/C57H92O15/c1-3-5-7-9-11-13-15-17-19-21-22-24-26-28-30-32-34-36-38-40-49(60)70-45(42-67-48(59)39-37-35-33-31-29-27-25-23-20-18-16-14-12-10-8-6-4-2)43-68-56-55(66)53(64)51(62)47(72-56)44-69-57-54(65)52(63)50(61)46(41-58)71-57/h5,7,11,13,17,19,22,24-25,27-28,30-31,33-34,36,45-47,50-58,61-66H,3-4,6,8-10,12,14-16,18,20-21,23,26,29,32,35,37-44H2,1-2H3/b7-5+,13-11+,19-17+,24-22+,27-25+,30-28+,33-31+,36-34+/t45-,46+,47+,50-,51-,52?,53?,54?,55?,56+,57+/m1/s1. The Labute approximate surface area is 430 Å². The number of unbranched alkanes of at least 4 members (excludes halogenated alkanes) is 10. The topological polar surface area (TPSA) is 231 Å². The predicted molar refractivity (Wildman–Crippen MR) is 279 cm³/mol. The van der Waals surface area contributed by atoms with Crippen LogP contribution in [0, 0.1) is 0 Å². The zero-order valence-corrected chi connectivity index (χ0v) is 43.4. The van der Waals surface area contributed by atoms with E-state index in [-0.39, 0.29) is 19.4 Å². The Hall–Kier alpha value is -3.58. The highest BCUT2D eigenvalue weighted by Crippen LogP contribution is 2.26. The Kier molecular flexibility index (Phi) is 38.3. The van der Waals surface area contributed by atoms with Crippen molar-refractivity contribution < 1.29 is 73.8 Å². The maximum atomic E-state index is 13.0. The van der Waals surface area contributed by atoms with Gasteiger partial charge in [-0.05, 0) is 77.0 Å². The van der Waals surface area contributed by atoms with Gasteiger partial charge in [0.2, 0.25) is 0 Å². The molecule has 2 aliphatic heterocycles.